The van der Waals surface area contributed by atoms with Crippen LogP contribution in [0, 0.1) is 0 Å². The molecule has 1 aliphatic rings. The average Bonchev–Trinajstić information content (AvgIpc) is 2.75. The molecule has 1 aliphatic heterocycles. The summed E-state index contributed by atoms with van der Waals surface area (Å²) in [6.07, 6.45) is 1.74. The lowest BCUT2D eigenvalue weighted by molar-refractivity contribution is -0.116. The van der Waals surface area contributed by atoms with E-state index in [-0.39, 0.29) is 24.4 Å². The number of nitrogens with one attached hydrogen (secondary N) is 1. The van der Waals surface area contributed by atoms with Crippen LogP contribution in [0.3, 0.4) is 0 Å². The maximum atomic E-state index is 12.4. The third-order valence-corrected chi connectivity index (χ3v) is 4.55. The van der Waals surface area contributed by atoms with Crippen molar-refractivity contribution in [2.45, 2.75) is 13.0 Å². The smallest absolute Gasteiger partial charge is 0.277 e. The molecule has 1 N–H and O–H groups in total. The van der Waals surface area contributed by atoms with Crippen LogP contribution in [0.2, 0.25) is 0 Å². The molecule has 1 amide bonds. The highest BCUT2D eigenvalue weighted by molar-refractivity contribution is 5.90. The zero-order chi connectivity index (χ0) is 19.3. The van der Waals surface area contributed by atoms with Crippen molar-refractivity contribution in [3.63, 3.8) is 0 Å². The van der Waals surface area contributed by atoms with E-state index in [0.717, 1.165) is 18.9 Å². The fourth-order valence-electron chi connectivity index (χ4n) is 3.04. The van der Waals surface area contributed by atoms with Crippen LogP contribution in [-0.2, 0) is 16.1 Å². The second-order valence-corrected chi connectivity index (χ2v) is 6.44. The number of ether oxygens (including phenoxy) is 1. The molecule has 9 heteroatoms. The number of amides is 1. The number of benzene rings is 1. The van der Waals surface area contributed by atoms with Crippen LogP contribution in [0.4, 0.5) is 11.5 Å². The molecule has 0 unspecified atom stereocenters. The van der Waals surface area contributed by atoms with Gasteiger partial charge in [0.2, 0.25) is 5.91 Å². The summed E-state index contributed by atoms with van der Waals surface area (Å²) >= 11 is 0. The summed E-state index contributed by atoms with van der Waals surface area (Å²) < 4.78 is 6.54. The van der Waals surface area contributed by atoms with Gasteiger partial charge in [0.05, 0.1) is 37.0 Å². The van der Waals surface area contributed by atoms with Crippen LogP contribution in [0.1, 0.15) is 6.42 Å². The number of fused-ring (bicyclic) bond motifs is 1. The number of carbonyl (C=O) groups excluding carboxylic acids is 1. The van der Waals surface area contributed by atoms with E-state index in [4.69, 9.17) is 4.74 Å². The van der Waals surface area contributed by atoms with Gasteiger partial charge >= 0.3 is 0 Å². The van der Waals surface area contributed by atoms with Crippen LogP contribution >= 0.6 is 0 Å². The molecule has 1 saturated heterocycles. The Morgan fingerprint density at radius 2 is 1.96 bits per heavy atom. The van der Waals surface area contributed by atoms with Gasteiger partial charge in [0.15, 0.2) is 0 Å². The summed E-state index contributed by atoms with van der Waals surface area (Å²) in [6, 6.07) is 10.7. The number of carbonyl (C=O) groups is 1. The van der Waals surface area contributed by atoms with Gasteiger partial charge in [-0.1, -0.05) is 17.3 Å². The summed E-state index contributed by atoms with van der Waals surface area (Å²) in [5.41, 5.74) is 0.897. The second kappa shape index (κ2) is 8.13. The lowest BCUT2D eigenvalue weighted by Gasteiger charge is -2.27. The molecule has 0 aliphatic carbocycles. The van der Waals surface area contributed by atoms with Crippen LogP contribution in [0.15, 0.2) is 47.4 Å². The molecule has 1 aromatic carbocycles. The first-order valence-electron chi connectivity index (χ1n) is 9.12. The molecule has 2 aromatic heterocycles. The molecule has 28 heavy (non-hydrogen) atoms. The van der Waals surface area contributed by atoms with Crippen LogP contribution in [0.5, 0.6) is 0 Å². The first-order valence-corrected chi connectivity index (χ1v) is 9.12. The van der Waals surface area contributed by atoms with Gasteiger partial charge in [0.25, 0.3) is 5.56 Å². The molecule has 3 aromatic rings. The second-order valence-electron chi connectivity index (χ2n) is 6.44. The van der Waals surface area contributed by atoms with E-state index in [0.29, 0.717) is 29.8 Å². The van der Waals surface area contributed by atoms with E-state index in [1.54, 1.807) is 30.5 Å². The summed E-state index contributed by atoms with van der Waals surface area (Å²) in [5, 5.41) is 11.2. The van der Waals surface area contributed by atoms with Gasteiger partial charge in [-0.2, -0.15) is 0 Å². The van der Waals surface area contributed by atoms with Gasteiger partial charge in [-0.25, -0.2) is 9.67 Å². The predicted octanol–water partition coefficient (Wildman–Crippen LogP) is 1.05. The predicted molar refractivity (Wildman–Crippen MR) is 104 cm³/mol. The van der Waals surface area contributed by atoms with Gasteiger partial charge in [-0.3, -0.25) is 9.59 Å². The average molecular weight is 380 g/mol. The van der Waals surface area contributed by atoms with Crippen molar-refractivity contribution in [2.75, 3.05) is 36.5 Å². The largest absolute Gasteiger partial charge is 0.378 e. The molecule has 1 fully saturated rings. The van der Waals surface area contributed by atoms with Gasteiger partial charge in [-0.05, 0) is 24.3 Å². The number of aromatic nitrogens is 4. The summed E-state index contributed by atoms with van der Waals surface area (Å²) in [6.45, 7) is 3.15. The molecule has 0 spiro atoms. The van der Waals surface area contributed by atoms with E-state index < -0.39 is 0 Å². The van der Waals surface area contributed by atoms with Gasteiger partial charge < -0.3 is 15.0 Å². The van der Waals surface area contributed by atoms with E-state index in [1.807, 2.05) is 12.1 Å². The number of hydrogen-bond donors (Lipinski definition) is 1. The third kappa shape index (κ3) is 3.99. The summed E-state index contributed by atoms with van der Waals surface area (Å²) in [5.74, 6) is 0.641. The minimum atomic E-state index is -0.255. The van der Waals surface area contributed by atoms with Crippen molar-refractivity contribution in [3.8, 4) is 0 Å². The fraction of sp³-hybridized carbons (Fsp3) is 0.316. The Morgan fingerprint density at radius 1 is 1.14 bits per heavy atom. The first-order chi connectivity index (χ1) is 13.7. The Labute approximate surface area is 160 Å². The van der Waals surface area contributed by atoms with E-state index in [1.165, 1.54) is 4.68 Å². The van der Waals surface area contributed by atoms with Crippen LogP contribution < -0.4 is 15.8 Å². The molecule has 144 valence electrons. The third-order valence-electron chi connectivity index (χ3n) is 4.55. The lowest BCUT2D eigenvalue weighted by Crippen LogP contribution is -2.36. The monoisotopic (exact) mass is 380 g/mol. The Kier molecular flexibility index (Phi) is 5.24. The highest BCUT2D eigenvalue weighted by atomic mass is 16.5. The molecule has 3 heterocycles. The highest BCUT2D eigenvalue weighted by Gasteiger charge is 2.13. The quantitative estimate of drug-likeness (QED) is 0.706. The number of anilines is 2. The number of aryl methyl sites for hydroxylation is 1. The zero-order valence-corrected chi connectivity index (χ0v) is 15.2. The fourth-order valence-corrected chi connectivity index (χ4v) is 3.04. The molecular weight excluding hydrogens is 360 g/mol. The highest BCUT2D eigenvalue weighted by Crippen LogP contribution is 2.15. The van der Waals surface area contributed by atoms with Crippen molar-refractivity contribution in [1.82, 2.24) is 20.0 Å². The number of nitrogens with zero attached hydrogens (tertiary/aromatic N) is 5. The molecular formula is C19H20N6O3. The summed E-state index contributed by atoms with van der Waals surface area (Å²) in [4.78, 5) is 31.1. The first kappa shape index (κ1) is 18.1. The van der Waals surface area contributed by atoms with Crippen molar-refractivity contribution in [2.24, 2.45) is 0 Å². The normalized spacial score (nSPS) is 14.2. The van der Waals surface area contributed by atoms with Crippen LogP contribution in [-0.4, -0.2) is 52.2 Å². The molecule has 0 bridgehead atoms. The maximum Gasteiger partial charge on any atom is 0.277 e. The maximum absolute atomic E-state index is 12.4. The number of pyridine rings is 1. The minimum absolute atomic E-state index is 0.109. The van der Waals surface area contributed by atoms with Crippen molar-refractivity contribution < 1.29 is 9.53 Å². The number of morpholine rings is 1. The van der Waals surface area contributed by atoms with E-state index in [9.17, 15) is 9.59 Å². The van der Waals surface area contributed by atoms with Crippen molar-refractivity contribution in [1.29, 1.82) is 0 Å². The Morgan fingerprint density at radius 3 is 2.75 bits per heavy atom. The molecule has 0 saturated carbocycles. The number of hydrogen-bond acceptors (Lipinski definition) is 7. The van der Waals surface area contributed by atoms with E-state index in [2.05, 4.69) is 25.5 Å². The summed E-state index contributed by atoms with van der Waals surface area (Å²) in [7, 11) is 0. The molecule has 0 radical (unpaired) electrons. The Bertz CT molecular complexity index is 1030. The van der Waals surface area contributed by atoms with E-state index >= 15 is 0 Å². The molecule has 4 rings (SSSR count). The van der Waals surface area contributed by atoms with Gasteiger partial charge in [-0.15, -0.1) is 5.10 Å². The Balaban J connectivity index is 1.36. The van der Waals surface area contributed by atoms with Crippen molar-refractivity contribution in [3.05, 3.63) is 52.9 Å². The lowest BCUT2D eigenvalue weighted by atomic mass is 10.2. The topological polar surface area (TPSA) is 102 Å². The number of rotatable bonds is 5. The zero-order valence-electron chi connectivity index (χ0n) is 15.2. The standard InChI is InChI=1S/C19H20N6O3/c26-18(7-8-25-19(27)15-3-1-2-4-16(15)22-23-25)21-14-5-6-17(20-13-14)24-9-11-28-12-10-24/h1-6,13H,7-12H2,(H,21,26). The Hall–Kier alpha value is -3.33. The van der Waals surface area contributed by atoms with Gasteiger partial charge in [0, 0.05) is 19.5 Å². The molecule has 9 nitrogen and oxygen atoms in total. The minimum Gasteiger partial charge on any atom is -0.378 e. The SMILES string of the molecule is O=C(CCn1nnc2ccccc2c1=O)Nc1ccc(N2CCOCC2)nc1. The molecule has 0 atom stereocenters. The van der Waals surface area contributed by atoms with Crippen molar-refractivity contribution >= 4 is 28.3 Å². The van der Waals surface area contributed by atoms with Gasteiger partial charge in [0.1, 0.15) is 11.3 Å². The van der Waals surface area contributed by atoms with Crippen LogP contribution in [0.25, 0.3) is 10.9 Å².